The number of hydrogen-bond donors (Lipinski definition) is 0. The Bertz CT molecular complexity index is 551. The molecule has 2 heterocycles. The van der Waals surface area contributed by atoms with E-state index < -0.39 is 5.92 Å². The van der Waals surface area contributed by atoms with Gasteiger partial charge in [-0.1, -0.05) is 12.6 Å². The molecule has 0 spiro atoms. The third-order valence-electron chi connectivity index (χ3n) is 3.46. The van der Waals surface area contributed by atoms with Gasteiger partial charge in [0.2, 0.25) is 6.79 Å². The second-order valence-corrected chi connectivity index (χ2v) is 4.73. The first kappa shape index (κ1) is 13.0. The summed E-state index contributed by atoms with van der Waals surface area (Å²) in [6.07, 6.45) is -0.379. The predicted octanol–water partition coefficient (Wildman–Crippen LogP) is 2.22. The Morgan fingerprint density at radius 2 is 2.20 bits per heavy atom. The highest BCUT2D eigenvalue weighted by Gasteiger charge is 2.39. The van der Waals surface area contributed by atoms with Gasteiger partial charge in [-0.3, -0.25) is 4.79 Å². The van der Waals surface area contributed by atoms with Gasteiger partial charge < -0.3 is 18.9 Å². The van der Waals surface area contributed by atoms with Crippen LogP contribution in [-0.2, 0) is 14.3 Å². The van der Waals surface area contributed by atoms with Crippen LogP contribution in [0, 0.1) is 5.92 Å². The van der Waals surface area contributed by atoms with Crippen LogP contribution in [0.15, 0.2) is 30.4 Å². The van der Waals surface area contributed by atoms with E-state index in [0.717, 1.165) is 11.1 Å². The summed E-state index contributed by atoms with van der Waals surface area (Å²) in [4.78, 5) is 12.1. The third-order valence-corrected chi connectivity index (χ3v) is 3.46. The van der Waals surface area contributed by atoms with Crippen molar-refractivity contribution < 1.29 is 23.7 Å². The van der Waals surface area contributed by atoms with Crippen LogP contribution in [-0.4, -0.2) is 26.0 Å². The second kappa shape index (κ2) is 5.17. The molecule has 0 aromatic heterocycles. The molecular formula is C15H16O5. The molecule has 2 aliphatic rings. The minimum absolute atomic E-state index is 0.221. The van der Waals surface area contributed by atoms with Gasteiger partial charge in [0.1, 0.15) is 12.0 Å². The molecule has 0 unspecified atom stereocenters. The van der Waals surface area contributed by atoms with Crippen molar-refractivity contribution in [2.75, 3.05) is 20.0 Å². The maximum atomic E-state index is 12.1. The fourth-order valence-corrected chi connectivity index (χ4v) is 2.50. The first-order chi connectivity index (χ1) is 9.70. The molecular weight excluding hydrogens is 260 g/mol. The van der Waals surface area contributed by atoms with Gasteiger partial charge in [0, 0.05) is 0 Å². The molecule has 20 heavy (non-hydrogen) atoms. The Kier molecular flexibility index (Phi) is 3.36. The van der Waals surface area contributed by atoms with Crippen molar-refractivity contribution in [2.24, 2.45) is 5.92 Å². The highest BCUT2D eigenvalue weighted by atomic mass is 16.7. The number of carbonyl (C=O) groups is 1. The van der Waals surface area contributed by atoms with Gasteiger partial charge in [0.05, 0.1) is 13.2 Å². The standard InChI is InChI=1S/C15H16O5/c1-3-17-15(16)13-9(2)7-18-14(13)10-4-5-11-12(6-10)20-8-19-11/h4-6,13-14H,2-3,7-8H2,1H3/t13-,14+/m0/s1. The molecule has 0 bridgehead atoms. The quantitative estimate of drug-likeness (QED) is 0.626. The summed E-state index contributed by atoms with van der Waals surface area (Å²) in [5, 5.41) is 0. The van der Waals surface area contributed by atoms with E-state index in [1.54, 1.807) is 6.92 Å². The SMILES string of the molecule is C=C1CO[C@H](c2ccc3c(c2)OCO3)[C@H]1C(=O)OCC. The van der Waals surface area contributed by atoms with Crippen molar-refractivity contribution in [2.45, 2.75) is 13.0 Å². The lowest BCUT2D eigenvalue weighted by molar-refractivity contribution is -0.148. The zero-order valence-corrected chi connectivity index (χ0v) is 11.3. The normalized spacial score (nSPS) is 23.9. The van der Waals surface area contributed by atoms with Crippen LogP contribution in [0.5, 0.6) is 11.5 Å². The number of esters is 1. The van der Waals surface area contributed by atoms with Gasteiger partial charge in [-0.25, -0.2) is 0 Å². The smallest absolute Gasteiger partial charge is 0.316 e. The molecule has 106 valence electrons. The predicted molar refractivity (Wildman–Crippen MR) is 70.5 cm³/mol. The largest absolute Gasteiger partial charge is 0.465 e. The Labute approximate surface area is 117 Å². The summed E-state index contributed by atoms with van der Waals surface area (Å²) in [6, 6.07) is 5.55. The molecule has 2 aliphatic heterocycles. The summed E-state index contributed by atoms with van der Waals surface area (Å²) < 4.78 is 21.4. The average molecular weight is 276 g/mol. The second-order valence-electron chi connectivity index (χ2n) is 4.73. The number of benzene rings is 1. The van der Waals surface area contributed by atoms with Crippen LogP contribution in [0.4, 0.5) is 0 Å². The van der Waals surface area contributed by atoms with Crippen molar-refractivity contribution in [3.8, 4) is 11.5 Å². The molecule has 0 radical (unpaired) electrons. The molecule has 1 fully saturated rings. The summed E-state index contributed by atoms with van der Waals surface area (Å²) >= 11 is 0. The molecule has 0 aliphatic carbocycles. The average Bonchev–Trinajstić information content (AvgIpc) is 3.04. The van der Waals surface area contributed by atoms with Crippen molar-refractivity contribution in [3.63, 3.8) is 0 Å². The van der Waals surface area contributed by atoms with E-state index >= 15 is 0 Å². The number of carbonyl (C=O) groups excluding carboxylic acids is 1. The summed E-state index contributed by atoms with van der Waals surface area (Å²) in [5.74, 6) is 0.623. The van der Waals surface area contributed by atoms with E-state index in [4.69, 9.17) is 18.9 Å². The number of ether oxygens (including phenoxy) is 4. The van der Waals surface area contributed by atoms with E-state index in [-0.39, 0.29) is 18.9 Å². The lowest BCUT2D eigenvalue weighted by Gasteiger charge is -2.18. The molecule has 1 saturated heterocycles. The highest BCUT2D eigenvalue weighted by molar-refractivity contribution is 5.77. The van der Waals surface area contributed by atoms with Crippen LogP contribution in [0.3, 0.4) is 0 Å². The van der Waals surface area contributed by atoms with Gasteiger partial charge in [-0.2, -0.15) is 0 Å². The van der Waals surface area contributed by atoms with Crippen LogP contribution < -0.4 is 9.47 Å². The maximum Gasteiger partial charge on any atom is 0.316 e. The summed E-state index contributed by atoms with van der Waals surface area (Å²) in [5.41, 5.74) is 1.61. The first-order valence-electron chi connectivity index (χ1n) is 6.56. The van der Waals surface area contributed by atoms with E-state index in [1.165, 1.54) is 0 Å². The van der Waals surface area contributed by atoms with Gasteiger partial charge >= 0.3 is 5.97 Å². The molecule has 5 heteroatoms. The monoisotopic (exact) mass is 276 g/mol. The highest BCUT2D eigenvalue weighted by Crippen LogP contribution is 2.42. The van der Waals surface area contributed by atoms with Gasteiger partial charge in [0.25, 0.3) is 0 Å². The van der Waals surface area contributed by atoms with Gasteiger partial charge in [-0.05, 0) is 30.2 Å². The van der Waals surface area contributed by atoms with Crippen molar-refractivity contribution >= 4 is 5.97 Å². The first-order valence-corrected chi connectivity index (χ1v) is 6.56. The number of hydrogen-bond acceptors (Lipinski definition) is 5. The van der Waals surface area contributed by atoms with Crippen LogP contribution in [0.25, 0.3) is 0 Å². The molecule has 1 aromatic carbocycles. The Hall–Kier alpha value is -2.01. The molecule has 0 amide bonds. The zero-order valence-electron chi connectivity index (χ0n) is 11.3. The van der Waals surface area contributed by atoms with Gasteiger partial charge in [-0.15, -0.1) is 0 Å². The number of rotatable bonds is 3. The fraction of sp³-hybridized carbons (Fsp3) is 0.400. The third kappa shape index (κ3) is 2.14. The summed E-state index contributed by atoms with van der Waals surface area (Å²) in [7, 11) is 0. The van der Waals surface area contributed by atoms with Crippen molar-refractivity contribution in [1.82, 2.24) is 0 Å². The molecule has 5 nitrogen and oxygen atoms in total. The van der Waals surface area contributed by atoms with E-state index in [2.05, 4.69) is 6.58 Å². The lowest BCUT2D eigenvalue weighted by atomic mass is 9.92. The molecule has 2 atom stereocenters. The van der Waals surface area contributed by atoms with Crippen molar-refractivity contribution in [3.05, 3.63) is 35.9 Å². The lowest BCUT2D eigenvalue weighted by Crippen LogP contribution is -2.22. The minimum Gasteiger partial charge on any atom is -0.465 e. The van der Waals surface area contributed by atoms with E-state index in [0.29, 0.717) is 24.7 Å². The molecule has 0 saturated carbocycles. The molecule has 0 N–H and O–H groups in total. The van der Waals surface area contributed by atoms with Crippen LogP contribution in [0.1, 0.15) is 18.6 Å². The number of fused-ring (bicyclic) bond motifs is 1. The zero-order chi connectivity index (χ0) is 14.1. The Balaban J connectivity index is 1.88. The minimum atomic E-state index is -0.463. The Morgan fingerprint density at radius 1 is 1.40 bits per heavy atom. The maximum absolute atomic E-state index is 12.1. The van der Waals surface area contributed by atoms with Gasteiger partial charge in [0.15, 0.2) is 11.5 Å². The topological polar surface area (TPSA) is 54.0 Å². The van der Waals surface area contributed by atoms with Crippen LogP contribution in [0.2, 0.25) is 0 Å². The Morgan fingerprint density at radius 3 is 3.00 bits per heavy atom. The summed E-state index contributed by atoms with van der Waals surface area (Å²) in [6.45, 7) is 6.62. The van der Waals surface area contributed by atoms with Crippen molar-refractivity contribution in [1.29, 1.82) is 0 Å². The van der Waals surface area contributed by atoms with E-state index in [1.807, 2.05) is 18.2 Å². The molecule has 3 rings (SSSR count). The fourth-order valence-electron chi connectivity index (χ4n) is 2.50. The van der Waals surface area contributed by atoms with Crippen LogP contribution >= 0.6 is 0 Å². The van der Waals surface area contributed by atoms with E-state index in [9.17, 15) is 4.79 Å². The molecule has 1 aromatic rings.